The molecule has 1 aromatic heterocycles. The van der Waals surface area contributed by atoms with Gasteiger partial charge in [-0.05, 0) is 6.07 Å². The predicted molar refractivity (Wildman–Crippen MR) is 56.1 cm³/mol. The highest BCUT2D eigenvalue weighted by molar-refractivity contribution is 5.92. The van der Waals surface area contributed by atoms with Crippen molar-refractivity contribution in [3.05, 3.63) is 45.8 Å². The Morgan fingerprint density at radius 1 is 1.29 bits per heavy atom. The molecule has 6 heteroatoms. The second kappa shape index (κ2) is 3.65. The van der Waals surface area contributed by atoms with E-state index in [-0.39, 0.29) is 10.9 Å². The lowest BCUT2D eigenvalue weighted by atomic mass is 10.1. The van der Waals surface area contributed by atoms with Crippen molar-refractivity contribution in [3.8, 4) is 0 Å². The molecule has 0 spiro atoms. The average Bonchev–Trinajstić information content (AvgIpc) is 2.25. The van der Waals surface area contributed by atoms with Crippen molar-refractivity contribution in [2.24, 2.45) is 7.05 Å². The first-order valence-electron chi connectivity index (χ1n) is 4.63. The highest BCUT2D eigenvalue weighted by Crippen LogP contribution is 2.16. The highest BCUT2D eigenvalue weighted by Gasteiger charge is 2.15. The minimum Gasteiger partial charge on any atom is -0.477 e. The number of aryl methyl sites for hydroxylation is 1. The summed E-state index contributed by atoms with van der Waals surface area (Å²) in [6.07, 6.45) is 1.07. The molecule has 1 aromatic carbocycles. The zero-order valence-electron chi connectivity index (χ0n) is 8.70. The third-order valence-electron chi connectivity index (χ3n) is 2.46. The molecule has 88 valence electrons. The monoisotopic (exact) mass is 239 g/mol. The SMILES string of the molecule is Cn1cc(C(=O)O)c(=O)c2cc(F)c(F)cc21. The Morgan fingerprint density at radius 3 is 2.47 bits per heavy atom. The van der Waals surface area contributed by atoms with Gasteiger partial charge in [-0.25, -0.2) is 13.6 Å². The van der Waals surface area contributed by atoms with Gasteiger partial charge in [0.25, 0.3) is 0 Å². The number of fused-ring (bicyclic) bond motifs is 1. The maximum absolute atomic E-state index is 13.0. The van der Waals surface area contributed by atoms with Crippen molar-refractivity contribution in [2.45, 2.75) is 0 Å². The van der Waals surface area contributed by atoms with E-state index in [2.05, 4.69) is 0 Å². The molecule has 2 aromatic rings. The van der Waals surface area contributed by atoms with E-state index in [9.17, 15) is 18.4 Å². The van der Waals surface area contributed by atoms with Gasteiger partial charge in [-0.3, -0.25) is 4.79 Å². The van der Waals surface area contributed by atoms with E-state index in [4.69, 9.17) is 5.11 Å². The van der Waals surface area contributed by atoms with Crippen molar-refractivity contribution >= 4 is 16.9 Å². The molecule has 0 unspecified atom stereocenters. The van der Waals surface area contributed by atoms with Gasteiger partial charge in [-0.1, -0.05) is 0 Å². The maximum Gasteiger partial charge on any atom is 0.341 e. The molecular weight excluding hydrogens is 232 g/mol. The third kappa shape index (κ3) is 1.67. The van der Waals surface area contributed by atoms with Crippen molar-refractivity contribution in [2.75, 3.05) is 0 Å². The van der Waals surface area contributed by atoms with E-state index < -0.39 is 28.6 Å². The summed E-state index contributed by atoms with van der Waals surface area (Å²) in [5.41, 5.74) is -1.17. The predicted octanol–water partition coefficient (Wildman–Crippen LogP) is 1.51. The van der Waals surface area contributed by atoms with Crippen LogP contribution in [0, 0.1) is 11.6 Å². The Kier molecular flexibility index (Phi) is 2.42. The molecular formula is C11H7F2NO3. The zero-order valence-corrected chi connectivity index (χ0v) is 8.70. The number of hydrogen-bond acceptors (Lipinski definition) is 2. The van der Waals surface area contributed by atoms with Gasteiger partial charge in [0.1, 0.15) is 5.56 Å². The van der Waals surface area contributed by atoms with Gasteiger partial charge >= 0.3 is 5.97 Å². The van der Waals surface area contributed by atoms with Gasteiger partial charge < -0.3 is 9.67 Å². The van der Waals surface area contributed by atoms with Crippen LogP contribution in [0.25, 0.3) is 10.9 Å². The lowest BCUT2D eigenvalue weighted by Gasteiger charge is -2.07. The van der Waals surface area contributed by atoms with Gasteiger partial charge in [0.2, 0.25) is 5.43 Å². The van der Waals surface area contributed by atoms with Crippen LogP contribution < -0.4 is 5.43 Å². The average molecular weight is 239 g/mol. The van der Waals surface area contributed by atoms with Crippen LogP contribution in [0.2, 0.25) is 0 Å². The molecule has 17 heavy (non-hydrogen) atoms. The van der Waals surface area contributed by atoms with Crippen LogP contribution in [0.3, 0.4) is 0 Å². The standard InChI is InChI=1S/C11H7F2NO3/c1-14-4-6(11(16)17)10(15)5-2-7(12)8(13)3-9(5)14/h2-4H,1H3,(H,16,17). The van der Waals surface area contributed by atoms with Crippen LogP contribution in [0.15, 0.2) is 23.1 Å². The van der Waals surface area contributed by atoms with E-state index in [1.54, 1.807) is 0 Å². The largest absolute Gasteiger partial charge is 0.477 e. The quantitative estimate of drug-likeness (QED) is 0.820. The molecule has 4 nitrogen and oxygen atoms in total. The van der Waals surface area contributed by atoms with Crippen LogP contribution in [0.1, 0.15) is 10.4 Å². The van der Waals surface area contributed by atoms with E-state index in [1.165, 1.54) is 11.6 Å². The normalized spacial score (nSPS) is 10.8. The fourth-order valence-electron chi connectivity index (χ4n) is 1.63. The number of aromatic carboxylic acids is 1. The van der Waals surface area contributed by atoms with Gasteiger partial charge in [0.05, 0.1) is 5.52 Å². The van der Waals surface area contributed by atoms with Gasteiger partial charge in [-0.15, -0.1) is 0 Å². The van der Waals surface area contributed by atoms with Gasteiger partial charge in [0.15, 0.2) is 11.6 Å². The Hall–Kier alpha value is -2.24. The van der Waals surface area contributed by atoms with Crippen molar-refractivity contribution in [3.63, 3.8) is 0 Å². The van der Waals surface area contributed by atoms with E-state index in [1.807, 2.05) is 0 Å². The van der Waals surface area contributed by atoms with Crippen LogP contribution in [0.4, 0.5) is 8.78 Å². The van der Waals surface area contributed by atoms with Crippen LogP contribution >= 0.6 is 0 Å². The van der Waals surface area contributed by atoms with Crippen LogP contribution in [-0.2, 0) is 7.05 Å². The lowest BCUT2D eigenvalue weighted by Crippen LogP contribution is -2.18. The first kappa shape index (κ1) is 11.3. The minimum absolute atomic E-state index is 0.138. The highest BCUT2D eigenvalue weighted by atomic mass is 19.2. The number of carboxylic acid groups (broad SMARTS) is 1. The number of carboxylic acids is 1. The maximum atomic E-state index is 13.0. The smallest absolute Gasteiger partial charge is 0.341 e. The first-order chi connectivity index (χ1) is 7.91. The molecule has 1 N–H and O–H groups in total. The van der Waals surface area contributed by atoms with Crippen LogP contribution in [0.5, 0.6) is 0 Å². The summed E-state index contributed by atoms with van der Waals surface area (Å²) in [5.74, 6) is -3.68. The molecule has 0 saturated carbocycles. The molecule has 0 amide bonds. The molecule has 0 aliphatic rings. The number of nitrogens with zero attached hydrogens (tertiary/aromatic N) is 1. The fraction of sp³-hybridized carbons (Fsp3) is 0.0909. The second-order valence-corrected chi connectivity index (χ2v) is 3.57. The second-order valence-electron chi connectivity index (χ2n) is 3.57. The van der Waals surface area contributed by atoms with E-state index in [0.29, 0.717) is 6.07 Å². The van der Waals surface area contributed by atoms with Gasteiger partial charge in [0, 0.05) is 24.7 Å². The summed E-state index contributed by atoms with van der Waals surface area (Å²) >= 11 is 0. The summed E-state index contributed by atoms with van der Waals surface area (Å²) in [4.78, 5) is 22.5. The zero-order chi connectivity index (χ0) is 12.7. The Morgan fingerprint density at radius 2 is 1.88 bits per heavy atom. The number of rotatable bonds is 1. The van der Waals surface area contributed by atoms with Crippen LogP contribution in [-0.4, -0.2) is 15.6 Å². The number of hydrogen-bond donors (Lipinski definition) is 1. The number of carbonyl (C=O) groups is 1. The summed E-state index contributed by atoms with van der Waals surface area (Å²) < 4.78 is 27.3. The lowest BCUT2D eigenvalue weighted by molar-refractivity contribution is 0.0695. The Labute approximate surface area is 93.7 Å². The number of benzene rings is 1. The molecule has 0 saturated heterocycles. The third-order valence-corrected chi connectivity index (χ3v) is 2.46. The number of pyridine rings is 1. The number of aromatic nitrogens is 1. The summed E-state index contributed by atoms with van der Waals surface area (Å²) in [6, 6.07) is 1.57. The Balaban J connectivity index is 2.99. The van der Waals surface area contributed by atoms with Crippen molar-refractivity contribution < 1.29 is 18.7 Å². The van der Waals surface area contributed by atoms with Crippen molar-refractivity contribution in [1.82, 2.24) is 4.57 Å². The summed E-state index contributed by atoms with van der Waals surface area (Å²) in [6.45, 7) is 0. The van der Waals surface area contributed by atoms with E-state index in [0.717, 1.165) is 12.3 Å². The van der Waals surface area contributed by atoms with E-state index >= 15 is 0 Å². The fourth-order valence-corrected chi connectivity index (χ4v) is 1.63. The first-order valence-corrected chi connectivity index (χ1v) is 4.63. The summed E-state index contributed by atoms with van der Waals surface area (Å²) in [5, 5.41) is 8.63. The molecule has 0 aliphatic heterocycles. The molecule has 1 heterocycles. The molecule has 0 atom stereocenters. The molecule has 2 rings (SSSR count). The molecule has 0 fully saturated rings. The minimum atomic E-state index is -1.41. The van der Waals surface area contributed by atoms with Crippen molar-refractivity contribution in [1.29, 1.82) is 0 Å². The topological polar surface area (TPSA) is 59.3 Å². The molecule has 0 bridgehead atoms. The van der Waals surface area contributed by atoms with Gasteiger partial charge in [-0.2, -0.15) is 0 Å². The molecule has 0 aliphatic carbocycles. The number of halogens is 2. The summed E-state index contributed by atoms with van der Waals surface area (Å²) in [7, 11) is 1.45. The molecule has 0 radical (unpaired) electrons. The Bertz CT molecular complexity index is 691.